The van der Waals surface area contributed by atoms with Gasteiger partial charge in [-0.1, -0.05) is 13.3 Å². The zero-order chi connectivity index (χ0) is 11.5. The Labute approximate surface area is 91.7 Å². The van der Waals surface area contributed by atoms with E-state index >= 15 is 0 Å². The minimum atomic E-state index is -3.22. The van der Waals surface area contributed by atoms with Crippen LogP contribution in [0, 0.1) is 0 Å². The van der Waals surface area contributed by atoms with Crippen LogP contribution in [0.15, 0.2) is 0 Å². The molecule has 1 unspecified atom stereocenters. The summed E-state index contributed by atoms with van der Waals surface area (Å²) in [6.45, 7) is 3.82. The van der Waals surface area contributed by atoms with E-state index in [4.69, 9.17) is 0 Å². The van der Waals surface area contributed by atoms with Gasteiger partial charge in [0.1, 0.15) is 5.78 Å². The zero-order valence-electron chi connectivity index (χ0n) is 9.40. The smallest absolute Gasteiger partial charge is 0.214 e. The van der Waals surface area contributed by atoms with E-state index in [-0.39, 0.29) is 11.5 Å². The second-order valence-corrected chi connectivity index (χ2v) is 6.09. The molecule has 0 aliphatic carbocycles. The Balaban J connectivity index is 2.85. The van der Waals surface area contributed by atoms with Gasteiger partial charge in [0, 0.05) is 6.54 Å². The van der Waals surface area contributed by atoms with E-state index in [1.807, 2.05) is 6.92 Å². The lowest BCUT2D eigenvalue weighted by molar-refractivity contribution is -0.121. The molecular weight excluding hydrogens is 214 g/mol. The van der Waals surface area contributed by atoms with Crippen LogP contribution in [0.25, 0.3) is 0 Å². The van der Waals surface area contributed by atoms with E-state index in [0.717, 1.165) is 12.8 Å². The fourth-order valence-corrected chi connectivity index (χ4v) is 3.82. The summed E-state index contributed by atoms with van der Waals surface area (Å²) in [5.41, 5.74) is 0. The number of rotatable bonds is 4. The molecule has 1 atom stereocenters. The third kappa shape index (κ3) is 3.01. The lowest BCUT2D eigenvalue weighted by Crippen LogP contribution is -2.47. The van der Waals surface area contributed by atoms with Gasteiger partial charge in [-0.25, -0.2) is 8.42 Å². The second-order valence-electron chi connectivity index (χ2n) is 4.05. The molecule has 4 nitrogen and oxygen atoms in total. The number of nitrogens with zero attached hydrogens (tertiary/aromatic N) is 1. The molecule has 1 rings (SSSR count). The summed E-state index contributed by atoms with van der Waals surface area (Å²) in [5.74, 6) is 0.117. The highest BCUT2D eigenvalue weighted by atomic mass is 32.2. The van der Waals surface area contributed by atoms with Crippen LogP contribution in [-0.4, -0.2) is 36.8 Å². The number of sulfonamides is 1. The molecule has 0 bridgehead atoms. The molecule has 0 saturated carbocycles. The van der Waals surface area contributed by atoms with Crippen LogP contribution in [-0.2, 0) is 14.8 Å². The molecule has 1 aliphatic rings. The third-order valence-corrected chi connectivity index (χ3v) is 4.82. The molecule has 0 radical (unpaired) electrons. The van der Waals surface area contributed by atoms with Crippen molar-refractivity contribution in [1.82, 2.24) is 4.31 Å². The number of ketones is 1. The first-order valence-corrected chi connectivity index (χ1v) is 7.10. The van der Waals surface area contributed by atoms with Gasteiger partial charge in [0.05, 0.1) is 11.8 Å². The molecule has 1 aliphatic heterocycles. The first-order chi connectivity index (χ1) is 6.99. The number of piperidine rings is 1. The van der Waals surface area contributed by atoms with E-state index in [9.17, 15) is 13.2 Å². The summed E-state index contributed by atoms with van der Waals surface area (Å²) in [6.07, 6.45) is 3.09. The predicted molar refractivity (Wildman–Crippen MR) is 59.1 cm³/mol. The molecule has 5 heteroatoms. The van der Waals surface area contributed by atoms with E-state index < -0.39 is 16.1 Å². The normalized spacial score (nSPS) is 24.0. The number of carbonyl (C=O) groups excluding carboxylic acids is 1. The van der Waals surface area contributed by atoms with E-state index in [1.54, 1.807) is 0 Å². The molecule has 15 heavy (non-hydrogen) atoms. The maximum atomic E-state index is 11.9. The van der Waals surface area contributed by atoms with Crippen molar-refractivity contribution in [2.45, 2.75) is 45.6 Å². The zero-order valence-corrected chi connectivity index (χ0v) is 10.2. The van der Waals surface area contributed by atoms with Crippen LogP contribution in [0.3, 0.4) is 0 Å². The summed E-state index contributed by atoms with van der Waals surface area (Å²) in [5, 5.41) is 0. The van der Waals surface area contributed by atoms with Crippen LogP contribution in [0.4, 0.5) is 0 Å². The van der Waals surface area contributed by atoms with E-state index in [1.165, 1.54) is 11.2 Å². The van der Waals surface area contributed by atoms with Gasteiger partial charge in [0.15, 0.2) is 0 Å². The number of hydrogen-bond acceptors (Lipinski definition) is 3. The number of Topliss-reactive ketones (excluding diaryl/α,β-unsaturated/α-hetero) is 1. The van der Waals surface area contributed by atoms with Gasteiger partial charge >= 0.3 is 0 Å². The van der Waals surface area contributed by atoms with Gasteiger partial charge in [0.2, 0.25) is 10.0 Å². The lowest BCUT2D eigenvalue weighted by Gasteiger charge is -2.32. The minimum Gasteiger partial charge on any atom is -0.298 e. The molecule has 1 heterocycles. The highest BCUT2D eigenvalue weighted by Gasteiger charge is 2.33. The average Bonchev–Trinajstić information content (AvgIpc) is 2.17. The van der Waals surface area contributed by atoms with Gasteiger partial charge in [-0.2, -0.15) is 4.31 Å². The molecule has 1 fully saturated rings. The van der Waals surface area contributed by atoms with Crippen LogP contribution in [0.1, 0.15) is 39.5 Å². The maximum absolute atomic E-state index is 11.9. The van der Waals surface area contributed by atoms with Crippen molar-refractivity contribution in [2.24, 2.45) is 0 Å². The fraction of sp³-hybridized carbons (Fsp3) is 0.900. The Bertz CT molecular complexity index is 324. The quantitative estimate of drug-likeness (QED) is 0.732. The standard InChI is InChI=1S/C10H19NO3S/c1-3-8-15(13,14)11-7-5-4-6-10(11)9(2)12/h10H,3-8H2,1-2H3. The van der Waals surface area contributed by atoms with Crippen molar-refractivity contribution in [3.8, 4) is 0 Å². The summed E-state index contributed by atoms with van der Waals surface area (Å²) >= 11 is 0. The Morgan fingerprint density at radius 1 is 1.40 bits per heavy atom. The first-order valence-electron chi connectivity index (χ1n) is 5.49. The van der Waals surface area contributed by atoms with Crippen LogP contribution in [0.5, 0.6) is 0 Å². The van der Waals surface area contributed by atoms with Crippen LogP contribution < -0.4 is 0 Å². The molecule has 0 aromatic heterocycles. The summed E-state index contributed by atoms with van der Waals surface area (Å²) < 4.78 is 25.2. The van der Waals surface area contributed by atoms with Gasteiger partial charge < -0.3 is 0 Å². The monoisotopic (exact) mass is 233 g/mol. The lowest BCUT2D eigenvalue weighted by atomic mass is 10.0. The van der Waals surface area contributed by atoms with E-state index in [0.29, 0.717) is 19.4 Å². The van der Waals surface area contributed by atoms with Gasteiger partial charge in [-0.05, 0) is 26.2 Å². The van der Waals surface area contributed by atoms with Crippen molar-refractivity contribution in [3.05, 3.63) is 0 Å². The third-order valence-electron chi connectivity index (χ3n) is 2.74. The molecular formula is C10H19NO3S. The molecule has 0 aromatic carbocycles. The summed E-state index contributed by atoms with van der Waals surface area (Å²) in [6, 6.07) is -0.407. The number of carbonyl (C=O) groups is 1. The van der Waals surface area contributed by atoms with Gasteiger partial charge in [0.25, 0.3) is 0 Å². The van der Waals surface area contributed by atoms with Crippen molar-refractivity contribution in [2.75, 3.05) is 12.3 Å². The highest BCUT2D eigenvalue weighted by Crippen LogP contribution is 2.21. The SMILES string of the molecule is CCCS(=O)(=O)N1CCCCC1C(C)=O. The largest absolute Gasteiger partial charge is 0.298 e. The van der Waals surface area contributed by atoms with E-state index in [2.05, 4.69) is 0 Å². The van der Waals surface area contributed by atoms with Crippen molar-refractivity contribution in [1.29, 1.82) is 0 Å². The maximum Gasteiger partial charge on any atom is 0.214 e. The predicted octanol–water partition coefficient (Wildman–Crippen LogP) is 1.17. The second kappa shape index (κ2) is 5.07. The Morgan fingerprint density at radius 3 is 2.60 bits per heavy atom. The fourth-order valence-electron chi connectivity index (χ4n) is 2.02. The first kappa shape index (κ1) is 12.6. The molecule has 0 amide bonds. The molecule has 0 aromatic rings. The summed E-state index contributed by atoms with van der Waals surface area (Å²) in [4.78, 5) is 11.4. The molecule has 0 N–H and O–H groups in total. The Kier molecular flexibility index (Phi) is 4.28. The summed E-state index contributed by atoms with van der Waals surface area (Å²) in [7, 11) is -3.22. The number of hydrogen-bond donors (Lipinski definition) is 0. The van der Waals surface area contributed by atoms with Crippen LogP contribution >= 0.6 is 0 Å². The van der Waals surface area contributed by atoms with Gasteiger partial charge in [-0.3, -0.25) is 4.79 Å². The van der Waals surface area contributed by atoms with Gasteiger partial charge in [-0.15, -0.1) is 0 Å². The Hall–Kier alpha value is -0.420. The molecule has 88 valence electrons. The van der Waals surface area contributed by atoms with Crippen molar-refractivity contribution >= 4 is 15.8 Å². The topological polar surface area (TPSA) is 54.5 Å². The van der Waals surface area contributed by atoms with Crippen molar-refractivity contribution < 1.29 is 13.2 Å². The Morgan fingerprint density at radius 2 is 2.07 bits per heavy atom. The highest BCUT2D eigenvalue weighted by molar-refractivity contribution is 7.89. The minimum absolute atomic E-state index is 0.0330. The molecule has 1 saturated heterocycles. The van der Waals surface area contributed by atoms with Crippen molar-refractivity contribution in [3.63, 3.8) is 0 Å². The molecule has 0 spiro atoms. The average molecular weight is 233 g/mol. The van der Waals surface area contributed by atoms with Crippen LogP contribution in [0.2, 0.25) is 0 Å².